The van der Waals surface area contributed by atoms with Crippen molar-refractivity contribution in [2.45, 2.75) is 33.0 Å². The summed E-state index contributed by atoms with van der Waals surface area (Å²) in [6.07, 6.45) is -0.377. The highest BCUT2D eigenvalue weighted by molar-refractivity contribution is 5.32. The van der Waals surface area contributed by atoms with Gasteiger partial charge in [-0.25, -0.2) is 0 Å². The molecule has 2 atom stereocenters. The molecule has 0 amide bonds. The first-order valence-electron chi connectivity index (χ1n) is 6.64. The molecule has 0 heterocycles. The Bertz CT molecular complexity index is 361. The van der Waals surface area contributed by atoms with E-state index in [4.69, 9.17) is 9.47 Å². The van der Waals surface area contributed by atoms with Crippen LogP contribution < -0.4 is 10.1 Å². The number of hydrogen-bond donors (Lipinski definition) is 2. The Hall–Kier alpha value is -1.10. The average molecular weight is 267 g/mol. The average Bonchev–Trinajstić information content (AvgIpc) is 2.35. The van der Waals surface area contributed by atoms with E-state index >= 15 is 0 Å². The maximum Gasteiger partial charge on any atom is 0.119 e. The van der Waals surface area contributed by atoms with Gasteiger partial charge >= 0.3 is 0 Å². The van der Waals surface area contributed by atoms with Crippen LogP contribution in [0.4, 0.5) is 0 Å². The number of aryl methyl sites for hydroxylation is 2. The second kappa shape index (κ2) is 8.15. The number of methoxy groups -OCH3 is 1. The fourth-order valence-corrected chi connectivity index (χ4v) is 1.80. The number of aliphatic hydroxyl groups excluding tert-OH is 1. The highest BCUT2D eigenvalue weighted by Crippen LogP contribution is 2.16. The Labute approximate surface area is 115 Å². The summed E-state index contributed by atoms with van der Waals surface area (Å²) in [4.78, 5) is 0. The third-order valence-electron chi connectivity index (χ3n) is 2.85. The van der Waals surface area contributed by atoms with Crippen LogP contribution in [0.25, 0.3) is 0 Å². The number of aliphatic hydroxyl groups is 1. The van der Waals surface area contributed by atoms with Crippen LogP contribution in [0.5, 0.6) is 5.75 Å². The highest BCUT2D eigenvalue weighted by Gasteiger charge is 2.06. The predicted molar refractivity (Wildman–Crippen MR) is 76.8 cm³/mol. The first-order valence-corrected chi connectivity index (χ1v) is 6.64. The summed E-state index contributed by atoms with van der Waals surface area (Å²) >= 11 is 0. The molecule has 0 radical (unpaired) electrons. The standard InChI is InChI=1S/C15H25NO3/c1-11-5-12(2)7-15(6-11)19-10-14(17)9-16-8-13(3)18-4/h5-7,13-14,16-17H,8-10H2,1-4H3. The number of ether oxygens (including phenoxy) is 2. The zero-order valence-electron chi connectivity index (χ0n) is 12.3. The minimum atomic E-state index is -0.523. The van der Waals surface area contributed by atoms with Crippen molar-refractivity contribution in [1.82, 2.24) is 5.32 Å². The maximum absolute atomic E-state index is 9.81. The molecule has 4 nitrogen and oxygen atoms in total. The van der Waals surface area contributed by atoms with Gasteiger partial charge in [0.25, 0.3) is 0 Å². The lowest BCUT2D eigenvalue weighted by molar-refractivity contribution is 0.0903. The van der Waals surface area contributed by atoms with Gasteiger partial charge in [0.1, 0.15) is 18.5 Å². The smallest absolute Gasteiger partial charge is 0.119 e. The van der Waals surface area contributed by atoms with Gasteiger partial charge in [0.05, 0.1) is 6.10 Å². The molecule has 1 aromatic carbocycles. The summed E-state index contributed by atoms with van der Waals surface area (Å²) in [7, 11) is 1.67. The molecular weight excluding hydrogens is 242 g/mol. The lowest BCUT2D eigenvalue weighted by atomic mass is 10.1. The molecular formula is C15H25NO3. The topological polar surface area (TPSA) is 50.7 Å². The Balaban J connectivity index is 2.27. The SMILES string of the molecule is COC(C)CNCC(O)COc1cc(C)cc(C)c1. The van der Waals surface area contributed by atoms with Crippen LogP contribution in [0.1, 0.15) is 18.1 Å². The van der Waals surface area contributed by atoms with Crippen molar-refractivity contribution in [2.75, 3.05) is 26.8 Å². The highest BCUT2D eigenvalue weighted by atomic mass is 16.5. The van der Waals surface area contributed by atoms with Gasteiger partial charge in [-0.2, -0.15) is 0 Å². The zero-order valence-corrected chi connectivity index (χ0v) is 12.3. The Morgan fingerprint density at radius 3 is 2.37 bits per heavy atom. The molecule has 0 spiro atoms. The van der Waals surface area contributed by atoms with Crippen LogP contribution in [0.15, 0.2) is 18.2 Å². The van der Waals surface area contributed by atoms with Crippen LogP contribution in [0, 0.1) is 13.8 Å². The molecule has 0 fully saturated rings. The minimum Gasteiger partial charge on any atom is -0.491 e. The van der Waals surface area contributed by atoms with E-state index in [1.54, 1.807) is 7.11 Å². The summed E-state index contributed by atoms with van der Waals surface area (Å²) in [5.41, 5.74) is 2.33. The quantitative estimate of drug-likeness (QED) is 0.752. The van der Waals surface area contributed by atoms with Crippen LogP contribution in [0.3, 0.4) is 0 Å². The van der Waals surface area contributed by atoms with Gasteiger partial charge in [-0.3, -0.25) is 0 Å². The molecule has 108 valence electrons. The molecule has 0 aliphatic rings. The summed E-state index contributed by atoms with van der Waals surface area (Å²) < 4.78 is 10.7. The van der Waals surface area contributed by atoms with E-state index in [1.165, 1.54) is 0 Å². The van der Waals surface area contributed by atoms with Crippen LogP contribution >= 0.6 is 0 Å². The second-order valence-corrected chi connectivity index (χ2v) is 4.99. The molecule has 0 bridgehead atoms. The van der Waals surface area contributed by atoms with Crippen molar-refractivity contribution in [1.29, 1.82) is 0 Å². The Kier molecular flexibility index (Phi) is 6.84. The van der Waals surface area contributed by atoms with Gasteiger partial charge in [0.2, 0.25) is 0 Å². The van der Waals surface area contributed by atoms with Crippen molar-refractivity contribution in [3.8, 4) is 5.75 Å². The number of rotatable bonds is 8. The van der Waals surface area contributed by atoms with E-state index in [1.807, 2.05) is 32.9 Å². The van der Waals surface area contributed by atoms with Crippen molar-refractivity contribution in [3.63, 3.8) is 0 Å². The van der Waals surface area contributed by atoms with E-state index < -0.39 is 6.10 Å². The fraction of sp³-hybridized carbons (Fsp3) is 0.600. The molecule has 19 heavy (non-hydrogen) atoms. The summed E-state index contributed by atoms with van der Waals surface area (Å²) in [6.45, 7) is 7.55. The monoisotopic (exact) mass is 267 g/mol. The lowest BCUT2D eigenvalue weighted by Gasteiger charge is -2.15. The van der Waals surface area contributed by atoms with Crippen molar-refractivity contribution < 1.29 is 14.6 Å². The van der Waals surface area contributed by atoms with E-state index in [-0.39, 0.29) is 12.7 Å². The van der Waals surface area contributed by atoms with Crippen LogP contribution in [0.2, 0.25) is 0 Å². The molecule has 0 aliphatic carbocycles. The lowest BCUT2D eigenvalue weighted by Crippen LogP contribution is -2.35. The van der Waals surface area contributed by atoms with Gasteiger partial charge in [-0.15, -0.1) is 0 Å². The molecule has 0 aromatic heterocycles. The van der Waals surface area contributed by atoms with E-state index in [9.17, 15) is 5.11 Å². The third kappa shape index (κ3) is 6.57. The molecule has 0 saturated heterocycles. The van der Waals surface area contributed by atoms with Crippen LogP contribution in [-0.4, -0.2) is 44.1 Å². The number of hydrogen-bond acceptors (Lipinski definition) is 4. The third-order valence-corrected chi connectivity index (χ3v) is 2.85. The van der Waals surface area contributed by atoms with Crippen LogP contribution in [-0.2, 0) is 4.74 Å². The molecule has 2 N–H and O–H groups in total. The van der Waals surface area contributed by atoms with Gasteiger partial charge in [-0.1, -0.05) is 6.07 Å². The van der Waals surface area contributed by atoms with Gasteiger partial charge in [-0.05, 0) is 44.0 Å². The second-order valence-electron chi connectivity index (χ2n) is 4.99. The maximum atomic E-state index is 9.81. The number of benzene rings is 1. The first-order chi connectivity index (χ1) is 9.01. The largest absolute Gasteiger partial charge is 0.491 e. The summed E-state index contributed by atoms with van der Waals surface area (Å²) in [5.74, 6) is 0.807. The zero-order chi connectivity index (χ0) is 14.3. The van der Waals surface area contributed by atoms with Crippen molar-refractivity contribution in [3.05, 3.63) is 29.3 Å². The van der Waals surface area contributed by atoms with Gasteiger partial charge in [0, 0.05) is 20.2 Å². The van der Waals surface area contributed by atoms with E-state index in [0.29, 0.717) is 6.54 Å². The normalized spacial score (nSPS) is 14.2. The molecule has 1 rings (SSSR count). The van der Waals surface area contributed by atoms with Crippen molar-refractivity contribution >= 4 is 0 Å². The van der Waals surface area contributed by atoms with Crippen molar-refractivity contribution in [2.24, 2.45) is 0 Å². The molecule has 0 aliphatic heterocycles. The Morgan fingerprint density at radius 2 is 1.79 bits per heavy atom. The molecule has 2 unspecified atom stereocenters. The minimum absolute atomic E-state index is 0.146. The summed E-state index contributed by atoms with van der Waals surface area (Å²) in [6, 6.07) is 6.04. The molecule has 0 saturated carbocycles. The summed E-state index contributed by atoms with van der Waals surface area (Å²) in [5, 5.41) is 12.9. The van der Waals surface area contributed by atoms with Gasteiger partial charge < -0.3 is 19.9 Å². The molecule has 1 aromatic rings. The fourth-order valence-electron chi connectivity index (χ4n) is 1.80. The van der Waals surface area contributed by atoms with E-state index in [2.05, 4.69) is 11.4 Å². The number of nitrogens with one attached hydrogen (secondary N) is 1. The predicted octanol–water partition coefficient (Wildman–Crippen LogP) is 1.67. The first kappa shape index (κ1) is 16.0. The Morgan fingerprint density at radius 1 is 1.16 bits per heavy atom. The molecule has 4 heteroatoms. The van der Waals surface area contributed by atoms with Gasteiger partial charge in [0.15, 0.2) is 0 Å². The van der Waals surface area contributed by atoms with E-state index in [0.717, 1.165) is 23.4 Å².